The van der Waals surface area contributed by atoms with Crippen LogP contribution in [0.2, 0.25) is 0 Å². The first-order valence-electron chi connectivity index (χ1n) is 9.42. The summed E-state index contributed by atoms with van der Waals surface area (Å²) in [5.41, 5.74) is 4.09. The molecule has 1 N–H and O–H groups in total. The van der Waals surface area contributed by atoms with Crippen LogP contribution in [0.25, 0.3) is 11.0 Å². The molecule has 6 nitrogen and oxygen atoms in total. The number of ether oxygens (including phenoxy) is 1. The molecule has 0 spiro atoms. The van der Waals surface area contributed by atoms with Gasteiger partial charge in [0.2, 0.25) is 0 Å². The minimum atomic E-state index is -0.437. The van der Waals surface area contributed by atoms with E-state index in [4.69, 9.17) is 9.72 Å². The molecule has 0 radical (unpaired) electrons. The van der Waals surface area contributed by atoms with Crippen molar-refractivity contribution in [1.82, 2.24) is 14.5 Å². The lowest BCUT2D eigenvalue weighted by Crippen LogP contribution is -2.35. The highest BCUT2D eigenvalue weighted by atomic mass is 16.5. The second kappa shape index (κ2) is 7.80. The zero-order valence-electron chi connectivity index (χ0n) is 15.5. The maximum Gasteiger partial charge on any atom is 0.411 e. The maximum atomic E-state index is 11.6. The Morgan fingerprint density at radius 3 is 2.85 bits per heavy atom. The third kappa shape index (κ3) is 3.95. The van der Waals surface area contributed by atoms with Gasteiger partial charge in [-0.2, -0.15) is 0 Å². The second-order valence-electron chi connectivity index (χ2n) is 6.74. The first-order valence-corrected chi connectivity index (χ1v) is 9.42. The number of hydrogen-bond donors (Lipinski definition) is 1. The number of imidazole rings is 1. The number of rotatable bonds is 5. The standard InChI is InChI=1S/C21H24N4O2/c1-2-27-21(26)22-17-8-9-19-18(14-17)23-20-15-24(12-13-25(19)20)11-10-16-6-4-3-5-7-16/h3-9,14H,2,10-13,15H2,1H3,(H,22,26). The summed E-state index contributed by atoms with van der Waals surface area (Å²) in [6, 6.07) is 16.4. The number of amides is 1. The van der Waals surface area contributed by atoms with E-state index in [1.54, 1.807) is 6.92 Å². The molecule has 0 fully saturated rings. The van der Waals surface area contributed by atoms with Crippen molar-refractivity contribution >= 4 is 22.8 Å². The molecule has 4 rings (SSSR count). The predicted octanol–water partition coefficient (Wildman–Crippen LogP) is 3.66. The minimum Gasteiger partial charge on any atom is -0.450 e. The van der Waals surface area contributed by atoms with Gasteiger partial charge in [0.1, 0.15) is 5.82 Å². The van der Waals surface area contributed by atoms with Gasteiger partial charge in [-0.15, -0.1) is 0 Å². The Morgan fingerprint density at radius 2 is 2.04 bits per heavy atom. The van der Waals surface area contributed by atoms with Gasteiger partial charge in [0.15, 0.2) is 0 Å². The van der Waals surface area contributed by atoms with E-state index in [2.05, 4.69) is 45.1 Å². The monoisotopic (exact) mass is 364 g/mol. The van der Waals surface area contributed by atoms with Crippen molar-refractivity contribution in [3.05, 3.63) is 59.9 Å². The molecular formula is C21H24N4O2. The van der Waals surface area contributed by atoms with E-state index < -0.39 is 6.09 Å². The number of hydrogen-bond acceptors (Lipinski definition) is 4. The lowest BCUT2D eigenvalue weighted by Gasteiger charge is -2.27. The summed E-state index contributed by atoms with van der Waals surface area (Å²) in [6.07, 6.45) is 0.613. The molecule has 0 atom stereocenters. The molecule has 0 aliphatic carbocycles. The van der Waals surface area contributed by atoms with Crippen molar-refractivity contribution in [2.45, 2.75) is 26.4 Å². The van der Waals surface area contributed by atoms with Gasteiger partial charge in [-0.3, -0.25) is 10.2 Å². The summed E-state index contributed by atoms with van der Waals surface area (Å²) in [6.45, 7) is 5.98. The average Bonchev–Trinajstić information content (AvgIpc) is 3.04. The number of benzene rings is 2. The molecular weight excluding hydrogens is 340 g/mol. The predicted molar refractivity (Wildman–Crippen MR) is 106 cm³/mol. The molecule has 0 saturated carbocycles. The van der Waals surface area contributed by atoms with Gasteiger partial charge in [-0.1, -0.05) is 30.3 Å². The van der Waals surface area contributed by atoms with E-state index in [1.165, 1.54) is 5.56 Å². The van der Waals surface area contributed by atoms with Crippen molar-refractivity contribution in [3.8, 4) is 0 Å². The molecule has 0 saturated heterocycles. The van der Waals surface area contributed by atoms with Gasteiger partial charge < -0.3 is 9.30 Å². The Balaban J connectivity index is 1.46. The van der Waals surface area contributed by atoms with Crippen LogP contribution in [0.3, 0.4) is 0 Å². The van der Waals surface area contributed by atoms with Crippen LogP contribution >= 0.6 is 0 Å². The molecule has 6 heteroatoms. The quantitative estimate of drug-likeness (QED) is 0.751. The third-order valence-electron chi connectivity index (χ3n) is 4.91. The zero-order valence-corrected chi connectivity index (χ0v) is 15.5. The summed E-state index contributed by atoms with van der Waals surface area (Å²) < 4.78 is 7.21. The van der Waals surface area contributed by atoms with Gasteiger partial charge in [0, 0.05) is 25.3 Å². The number of aromatic nitrogens is 2. The van der Waals surface area contributed by atoms with Gasteiger partial charge in [0.05, 0.1) is 24.2 Å². The van der Waals surface area contributed by atoms with Gasteiger partial charge in [0.25, 0.3) is 0 Å². The molecule has 1 aromatic heterocycles. The summed E-state index contributed by atoms with van der Waals surface area (Å²) in [5, 5.41) is 2.74. The number of carbonyl (C=O) groups excluding carboxylic acids is 1. The second-order valence-corrected chi connectivity index (χ2v) is 6.74. The molecule has 2 aromatic carbocycles. The molecule has 1 aliphatic rings. The molecule has 1 aliphatic heterocycles. The van der Waals surface area contributed by atoms with E-state index in [0.29, 0.717) is 12.3 Å². The lowest BCUT2D eigenvalue weighted by atomic mass is 10.1. The van der Waals surface area contributed by atoms with Gasteiger partial charge in [-0.05, 0) is 37.1 Å². The normalized spacial score (nSPS) is 14.1. The van der Waals surface area contributed by atoms with Crippen LogP contribution in [0.15, 0.2) is 48.5 Å². The smallest absolute Gasteiger partial charge is 0.411 e. The number of anilines is 1. The number of fused-ring (bicyclic) bond motifs is 3. The molecule has 0 unspecified atom stereocenters. The van der Waals surface area contributed by atoms with Crippen molar-refractivity contribution in [2.75, 3.05) is 25.0 Å². The SMILES string of the molecule is CCOC(=O)Nc1ccc2c(c1)nc1n2CCN(CCc2ccccc2)C1. The third-order valence-corrected chi connectivity index (χ3v) is 4.91. The highest BCUT2D eigenvalue weighted by Crippen LogP contribution is 2.24. The molecule has 3 aromatic rings. The summed E-state index contributed by atoms with van der Waals surface area (Å²) in [7, 11) is 0. The summed E-state index contributed by atoms with van der Waals surface area (Å²) in [5.74, 6) is 1.08. The van der Waals surface area contributed by atoms with E-state index in [9.17, 15) is 4.79 Å². The Kier molecular flexibility index (Phi) is 5.07. The van der Waals surface area contributed by atoms with Crippen LogP contribution in [0.4, 0.5) is 10.5 Å². The highest BCUT2D eigenvalue weighted by Gasteiger charge is 2.20. The molecule has 27 heavy (non-hydrogen) atoms. The minimum absolute atomic E-state index is 0.353. The van der Waals surface area contributed by atoms with Crippen LogP contribution < -0.4 is 5.32 Å². The van der Waals surface area contributed by atoms with Crippen LogP contribution in [-0.2, 0) is 24.2 Å². The molecule has 140 valence electrons. The Labute approximate surface area is 158 Å². The molecule has 2 heterocycles. The van der Waals surface area contributed by atoms with Crippen molar-refractivity contribution in [1.29, 1.82) is 0 Å². The van der Waals surface area contributed by atoms with Crippen LogP contribution in [0.1, 0.15) is 18.3 Å². The van der Waals surface area contributed by atoms with Crippen LogP contribution in [0.5, 0.6) is 0 Å². The van der Waals surface area contributed by atoms with Crippen molar-refractivity contribution in [3.63, 3.8) is 0 Å². The molecule has 1 amide bonds. The number of nitrogens with zero attached hydrogens (tertiary/aromatic N) is 3. The Bertz CT molecular complexity index is 936. The van der Waals surface area contributed by atoms with Gasteiger partial charge in [-0.25, -0.2) is 9.78 Å². The van der Waals surface area contributed by atoms with Crippen LogP contribution in [0, 0.1) is 0 Å². The van der Waals surface area contributed by atoms with E-state index in [-0.39, 0.29) is 0 Å². The summed E-state index contributed by atoms with van der Waals surface area (Å²) in [4.78, 5) is 18.9. The Morgan fingerprint density at radius 1 is 1.19 bits per heavy atom. The fraction of sp³-hybridized carbons (Fsp3) is 0.333. The lowest BCUT2D eigenvalue weighted by molar-refractivity contribution is 0.168. The topological polar surface area (TPSA) is 59.4 Å². The van der Waals surface area contributed by atoms with Crippen LogP contribution in [-0.4, -0.2) is 40.2 Å². The van der Waals surface area contributed by atoms with Crippen molar-refractivity contribution < 1.29 is 9.53 Å². The maximum absolute atomic E-state index is 11.6. The van der Waals surface area contributed by atoms with Gasteiger partial charge >= 0.3 is 6.09 Å². The van der Waals surface area contributed by atoms with E-state index in [1.807, 2.05) is 18.2 Å². The Hall–Kier alpha value is -2.86. The largest absolute Gasteiger partial charge is 0.450 e. The highest BCUT2D eigenvalue weighted by molar-refractivity contribution is 5.89. The zero-order chi connectivity index (χ0) is 18.6. The number of carbonyl (C=O) groups is 1. The van der Waals surface area contributed by atoms with Crippen molar-refractivity contribution in [2.24, 2.45) is 0 Å². The fourth-order valence-corrected chi connectivity index (χ4v) is 3.56. The number of nitrogens with one attached hydrogen (secondary N) is 1. The summed E-state index contributed by atoms with van der Waals surface area (Å²) >= 11 is 0. The molecule has 0 bridgehead atoms. The van der Waals surface area contributed by atoms with E-state index >= 15 is 0 Å². The fourth-order valence-electron chi connectivity index (χ4n) is 3.56. The van der Waals surface area contributed by atoms with E-state index in [0.717, 1.165) is 49.5 Å². The average molecular weight is 364 g/mol. The first kappa shape index (κ1) is 17.5. The first-order chi connectivity index (χ1) is 13.2.